The number of carbonyl (C=O) groups is 1. The van der Waals surface area contributed by atoms with Gasteiger partial charge in [-0.3, -0.25) is 4.79 Å². The van der Waals surface area contributed by atoms with Crippen LogP contribution in [0.5, 0.6) is 11.5 Å². The number of benzene rings is 1. The van der Waals surface area contributed by atoms with Gasteiger partial charge in [0, 0.05) is 50.0 Å². The van der Waals surface area contributed by atoms with Crippen molar-refractivity contribution in [2.45, 2.75) is 20.4 Å². The highest BCUT2D eigenvalue weighted by atomic mass is 16.6. The summed E-state index contributed by atoms with van der Waals surface area (Å²) in [6.45, 7) is 5.47. The van der Waals surface area contributed by atoms with Gasteiger partial charge in [-0.2, -0.15) is 0 Å². The van der Waals surface area contributed by atoms with E-state index in [2.05, 4.69) is 14.9 Å². The van der Waals surface area contributed by atoms with Gasteiger partial charge in [-0.25, -0.2) is 4.98 Å². The Balaban J connectivity index is 1.52. The number of carbonyl (C=O) groups excluding carboxylic acids is 1. The SMILES string of the molecule is Cc1cc(C(=O)NCc2ccc(N(C)C)nc2)c(C)n1-c1ccc2c(c1)OCCO2. The quantitative estimate of drug-likeness (QED) is 0.704. The maximum Gasteiger partial charge on any atom is 0.253 e. The van der Waals surface area contributed by atoms with Gasteiger partial charge in [0.2, 0.25) is 0 Å². The number of nitrogens with one attached hydrogen (secondary N) is 1. The number of pyridine rings is 1. The molecule has 3 heterocycles. The maximum absolute atomic E-state index is 12.8. The Bertz CT molecular complexity index is 1070. The zero-order chi connectivity index (χ0) is 21.3. The fraction of sp³-hybridized carbons (Fsp3) is 0.304. The smallest absolute Gasteiger partial charge is 0.253 e. The Kier molecular flexibility index (Phi) is 5.35. The van der Waals surface area contributed by atoms with Gasteiger partial charge in [-0.1, -0.05) is 6.07 Å². The Morgan fingerprint density at radius 2 is 1.87 bits per heavy atom. The van der Waals surface area contributed by atoms with E-state index in [-0.39, 0.29) is 5.91 Å². The molecule has 0 unspecified atom stereocenters. The number of nitrogens with zero attached hydrogens (tertiary/aromatic N) is 3. The number of ether oxygens (including phenoxy) is 2. The van der Waals surface area contributed by atoms with Crippen LogP contribution in [0.3, 0.4) is 0 Å². The van der Waals surface area contributed by atoms with Crippen molar-refractivity contribution < 1.29 is 14.3 Å². The summed E-state index contributed by atoms with van der Waals surface area (Å²) >= 11 is 0. The summed E-state index contributed by atoms with van der Waals surface area (Å²) in [5.74, 6) is 2.25. The highest BCUT2D eigenvalue weighted by Gasteiger charge is 2.19. The predicted octanol–water partition coefficient (Wildman–Crippen LogP) is 3.26. The van der Waals surface area contributed by atoms with E-state index in [1.165, 1.54) is 0 Å². The van der Waals surface area contributed by atoms with Crippen molar-refractivity contribution in [3.05, 3.63) is 65.1 Å². The molecule has 7 heteroatoms. The molecule has 1 aromatic carbocycles. The number of aryl methyl sites for hydroxylation is 1. The molecule has 0 spiro atoms. The van der Waals surface area contributed by atoms with Crippen molar-refractivity contribution in [1.29, 1.82) is 0 Å². The average Bonchev–Trinajstić information content (AvgIpc) is 3.06. The molecular weight excluding hydrogens is 380 g/mol. The molecule has 3 aromatic rings. The van der Waals surface area contributed by atoms with Crippen molar-refractivity contribution in [2.24, 2.45) is 0 Å². The van der Waals surface area contributed by atoms with E-state index in [0.29, 0.717) is 25.3 Å². The fourth-order valence-corrected chi connectivity index (χ4v) is 3.62. The number of aromatic nitrogens is 2. The van der Waals surface area contributed by atoms with Crippen LogP contribution in [0.25, 0.3) is 5.69 Å². The topological polar surface area (TPSA) is 68.6 Å². The normalized spacial score (nSPS) is 12.5. The lowest BCUT2D eigenvalue weighted by molar-refractivity contribution is 0.0950. The second-order valence-corrected chi connectivity index (χ2v) is 7.55. The summed E-state index contributed by atoms with van der Waals surface area (Å²) in [6, 6.07) is 11.7. The van der Waals surface area contributed by atoms with E-state index >= 15 is 0 Å². The molecule has 2 aromatic heterocycles. The molecule has 0 fully saturated rings. The van der Waals surface area contributed by atoms with Crippen LogP contribution in [0.15, 0.2) is 42.6 Å². The molecule has 0 radical (unpaired) electrons. The predicted molar refractivity (Wildman–Crippen MR) is 116 cm³/mol. The molecule has 156 valence electrons. The molecule has 1 amide bonds. The second-order valence-electron chi connectivity index (χ2n) is 7.55. The number of hydrogen-bond acceptors (Lipinski definition) is 5. The first-order valence-electron chi connectivity index (χ1n) is 9.93. The van der Waals surface area contributed by atoms with E-state index in [9.17, 15) is 4.79 Å². The number of hydrogen-bond donors (Lipinski definition) is 1. The van der Waals surface area contributed by atoms with Crippen LogP contribution in [0.1, 0.15) is 27.3 Å². The molecule has 0 aliphatic carbocycles. The van der Waals surface area contributed by atoms with E-state index in [1.54, 1.807) is 6.20 Å². The molecule has 4 rings (SSSR count). The van der Waals surface area contributed by atoms with Gasteiger partial charge >= 0.3 is 0 Å². The van der Waals surface area contributed by atoms with Crippen LogP contribution in [0.4, 0.5) is 5.82 Å². The summed E-state index contributed by atoms with van der Waals surface area (Å²) < 4.78 is 13.4. The molecule has 0 atom stereocenters. The molecule has 0 saturated heterocycles. The molecule has 7 nitrogen and oxygen atoms in total. The maximum atomic E-state index is 12.8. The summed E-state index contributed by atoms with van der Waals surface area (Å²) in [5.41, 5.74) is 4.40. The highest BCUT2D eigenvalue weighted by molar-refractivity contribution is 5.95. The fourth-order valence-electron chi connectivity index (χ4n) is 3.62. The van der Waals surface area contributed by atoms with Crippen molar-refractivity contribution in [3.8, 4) is 17.2 Å². The van der Waals surface area contributed by atoms with Gasteiger partial charge in [0.25, 0.3) is 5.91 Å². The van der Waals surface area contributed by atoms with Crippen LogP contribution in [0, 0.1) is 13.8 Å². The average molecular weight is 406 g/mol. The van der Waals surface area contributed by atoms with Gasteiger partial charge in [-0.05, 0) is 43.7 Å². The minimum absolute atomic E-state index is 0.108. The first kappa shape index (κ1) is 19.8. The lowest BCUT2D eigenvalue weighted by Gasteiger charge is -2.20. The molecule has 0 saturated carbocycles. The largest absolute Gasteiger partial charge is 0.486 e. The van der Waals surface area contributed by atoms with Crippen LogP contribution in [-0.4, -0.2) is 42.8 Å². The van der Waals surface area contributed by atoms with Crippen molar-refractivity contribution in [2.75, 3.05) is 32.2 Å². The van der Waals surface area contributed by atoms with E-state index in [1.807, 2.05) is 69.2 Å². The Labute approximate surface area is 176 Å². The molecule has 30 heavy (non-hydrogen) atoms. The van der Waals surface area contributed by atoms with Crippen LogP contribution >= 0.6 is 0 Å². The Hall–Kier alpha value is -3.48. The number of fused-ring (bicyclic) bond motifs is 1. The van der Waals surface area contributed by atoms with Gasteiger partial charge in [0.05, 0.1) is 5.56 Å². The third-order valence-electron chi connectivity index (χ3n) is 5.18. The van der Waals surface area contributed by atoms with E-state index in [4.69, 9.17) is 9.47 Å². The lowest BCUT2D eigenvalue weighted by Crippen LogP contribution is -2.23. The first-order valence-corrected chi connectivity index (χ1v) is 9.93. The Morgan fingerprint density at radius 3 is 2.57 bits per heavy atom. The first-order chi connectivity index (χ1) is 14.4. The lowest BCUT2D eigenvalue weighted by atomic mass is 10.2. The van der Waals surface area contributed by atoms with Gasteiger partial charge in [-0.15, -0.1) is 0 Å². The van der Waals surface area contributed by atoms with Gasteiger partial charge in [0.15, 0.2) is 11.5 Å². The van der Waals surface area contributed by atoms with Gasteiger partial charge in [0.1, 0.15) is 19.0 Å². The number of anilines is 1. The molecule has 0 bridgehead atoms. The third-order valence-corrected chi connectivity index (χ3v) is 5.18. The minimum atomic E-state index is -0.108. The second kappa shape index (κ2) is 8.10. The number of amides is 1. The molecule has 1 N–H and O–H groups in total. The summed E-state index contributed by atoms with van der Waals surface area (Å²) in [4.78, 5) is 19.2. The van der Waals surface area contributed by atoms with Crippen molar-refractivity contribution in [3.63, 3.8) is 0 Å². The Morgan fingerprint density at radius 1 is 1.10 bits per heavy atom. The van der Waals surface area contributed by atoms with Crippen LogP contribution in [0.2, 0.25) is 0 Å². The van der Waals surface area contributed by atoms with E-state index < -0.39 is 0 Å². The standard InChI is InChI=1S/C23H26N4O3/c1-15-11-19(23(28)25-14-17-5-8-22(24-13-17)26(3)4)16(2)27(15)18-6-7-20-21(12-18)30-10-9-29-20/h5-8,11-13H,9-10,14H2,1-4H3,(H,25,28). The van der Waals surface area contributed by atoms with Crippen molar-refractivity contribution >= 4 is 11.7 Å². The summed E-state index contributed by atoms with van der Waals surface area (Å²) in [6.07, 6.45) is 1.79. The zero-order valence-electron chi connectivity index (χ0n) is 17.7. The molecule has 1 aliphatic rings. The van der Waals surface area contributed by atoms with E-state index in [0.717, 1.165) is 40.0 Å². The zero-order valence-corrected chi connectivity index (χ0v) is 17.7. The monoisotopic (exact) mass is 406 g/mol. The van der Waals surface area contributed by atoms with Crippen molar-refractivity contribution in [1.82, 2.24) is 14.9 Å². The minimum Gasteiger partial charge on any atom is -0.486 e. The molecule has 1 aliphatic heterocycles. The summed E-state index contributed by atoms with van der Waals surface area (Å²) in [5, 5.41) is 3.00. The van der Waals surface area contributed by atoms with Crippen LogP contribution < -0.4 is 19.7 Å². The highest BCUT2D eigenvalue weighted by Crippen LogP contribution is 2.33. The van der Waals surface area contributed by atoms with Gasteiger partial charge < -0.3 is 24.3 Å². The van der Waals surface area contributed by atoms with Crippen LogP contribution in [-0.2, 0) is 6.54 Å². The molecular formula is C23H26N4O3. The third kappa shape index (κ3) is 3.83. The number of rotatable bonds is 5. The summed E-state index contributed by atoms with van der Waals surface area (Å²) in [7, 11) is 3.89.